The summed E-state index contributed by atoms with van der Waals surface area (Å²) in [6, 6.07) is 8.21. The molecule has 0 aliphatic rings. The Labute approximate surface area is 96.7 Å². The predicted octanol–water partition coefficient (Wildman–Crippen LogP) is 3.51. The van der Waals surface area contributed by atoms with Crippen molar-refractivity contribution in [2.24, 2.45) is 0 Å². The number of halogens is 3. The van der Waals surface area contributed by atoms with Crippen LogP contribution in [0.4, 0.5) is 13.2 Å². The SMILES string of the molecule is Cc1ccc(-n2nc(C(F)(F)F)cc2C)cc1. The van der Waals surface area contributed by atoms with Crippen molar-refractivity contribution in [3.8, 4) is 5.69 Å². The molecule has 2 aromatic rings. The van der Waals surface area contributed by atoms with Gasteiger partial charge in [-0.3, -0.25) is 0 Å². The molecule has 5 heteroatoms. The summed E-state index contributed by atoms with van der Waals surface area (Å²) in [5.74, 6) is 0. The van der Waals surface area contributed by atoms with E-state index in [1.165, 1.54) is 4.68 Å². The Bertz CT molecular complexity index is 524. The lowest BCUT2D eigenvalue weighted by Gasteiger charge is -2.04. The van der Waals surface area contributed by atoms with Gasteiger partial charge in [0.1, 0.15) is 0 Å². The van der Waals surface area contributed by atoms with Gasteiger partial charge in [0.2, 0.25) is 0 Å². The third-order valence-corrected chi connectivity index (χ3v) is 2.46. The zero-order valence-electron chi connectivity index (χ0n) is 9.42. The molecule has 0 aliphatic carbocycles. The molecule has 0 fully saturated rings. The summed E-state index contributed by atoms with van der Waals surface area (Å²) in [5.41, 5.74) is 1.27. The van der Waals surface area contributed by atoms with Gasteiger partial charge in [-0.05, 0) is 32.0 Å². The number of aryl methyl sites for hydroxylation is 2. The highest BCUT2D eigenvalue weighted by molar-refractivity contribution is 5.35. The van der Waals surface area contributed by atoms with E-state index in [0.29, 0.717) is 11.4 Å². The number of hydrogen-bond acceptors (Lipinski definition) is 1. The smallest absolute Gasteiger partial charge is 0.238 e. The Morgan fingerprint density at radius 2 is 1.65 bits per heavy atom. The van der Waals surface area contributed by atoms with Gasteiger partial charge in [0.05, 0.1) is 5.69 Å². The summed E-state index contributed by atoms with van der Waals surface area (Å²) in [6.07, 6.45) is -4.40. The van der Waals surface area contributed by atoms with Crippen LogP contribution in [0, 0.1) is 13.8 Å². The number of aromatic nitrogens is 2. The van der Waals surface area contributed by atoms with Crippen LogP contribution in [0.25, 0.3) is 5.69 Å². The number of alkyl halides is 3. The Hall–Kier alpha value is -1.78. The molecule has 1 aromatic heterocycles. The molecule has 1 heterocycles. The van der Waals surface area contributed by atoms with Crippen molar-refractivity contribution >= 4 is 0 Å². The number of hydrogen-bond donors (Lipinski definition) is 0. The minimum Gasteiger partial charge on any atom is -0.238 e. The molecule has 2 nitrogen and oxygen atoms in total. The van der Waals surface area contributed by atoms with E-state index in [2.05, 4.69) is 5.10 Å². The molecular formula is C12H11F3N2. The van der Waals surface area contributed by atoms with Crippen molar-refractivity contribution < 1.29 is 13.2 Å². The number of nitrogens with zero attached hydrogens (tertiary/aromatic N) is 2. The van der Waals surface area contributed by atoms with Crippen molar-refractivity contribution in [1.29, 1.82) is 0 Å². The molecule has 2 rings (SSSR count). The van der Waals surface area contributed by atoms with E-state index in [1.54, 1.807) is 19.1 Å². The summed E-state index contributed by atoms with van der Waals surface area (Å²) in [7, 11) is 0. The third kappa shape index (κ3) is 2.33. The van der Waals surface area contributed by atoms with E-state index >= 15 is 0 Å². The molecule has 0 aliphatic heterocycles. The van der Waals surface area contributed by atoms with Crippen molar-refractivity contribution in [2.45, 2.75) is 20.0 Å². The Morgan fingerprint density at radius 3 is 2.12 bits per heavy atom. The first-order valence-corrected chi connectivity index (χ1v) is 5.09. The third-order valence-electron chi connectivity index (χ3n) is 2.46. The molecule has 0 unspecified atom stereocenters. The highest BCUT2D eigenvalue weighted by atomic mass is 19.4. The molecule has 1 aromatic carbocycles. The molecule has 0 atom stereocenters. The fraction of sp³-hybridized carbons (Fsp3) is 0.250. The molecule has 0 bridgehead atoms. The van der Waals surface area contributed by atoms with Crippen molar-refractivity contribution in [1.82, 2.24) is 9.78 Å². The van der Waals surface area contributed by atoms with Crippen LogP contribution in [0.3, 0.4) is 0 Å². The van der Waals surface area contributed by atoms with Crippen LogP contribution in [0.1, 0.15) is 17.0 Å². The zero-order valence-corrected chi connectivity index (χ0v) is 9.42. The lowest BCUT2D eigenvalue weighted by molar-refractivity contribution is -0.141. The number of benzene rings is 1. The van der Waals surface area contributed by atoms with Gasteiger partial charge >= 0.3 is 6.18 Å². The molecule has 17 heavy (non-hydrogen) atoms. The molecule has 0 radical (unpaired) electrons. The molecule has 0 saturated carbocycles. The molecule has 0 amide bonds. The second kappa shape index (κ2) is 3.91. The minimum absolute atomic E-state index is 0.459. The van der Waals surface area contributed by atoms with Gasteiger partial charge in [0.15, 0.2) is 5.69 Å². The van der Waals surface area contributed by atoms with Crippen LogP contribution < -0.4 is 0 Å². The first-order chi connectivity index (χ1) is 7.88. The van der Waals surface area contributed by atoms with Crippen LogP contribution in [-0.4, -0.2) is 9.78 Å². The van der Waals surface area contributed by atoms with Crippen LogP contribution in [0.5, 0.6) is 0 Å². The Kier molecular flexibility index (Phi) is 2.69. The summed E-state index contributed by atoms with van der Waals surface area (Å²) in [4.78, 5) is 0. The fourth-order valence-corrected chi connectivity index (χ4v) is 1.56. The van der Waals surface area contributed by atoms with Crippen molar-refractivity contribution in [3.05, 3.63) is 47.3 Å². The average Bonchev–Trinajstić information content (AvgIpc) is 2.61. The van der Waals surface area contributed by atoms with Gasteiger partial charge in [-0.25, -0.2) is 4.68 Å². The van der Waals surface area contributed by atoms with Gasteiger partial charge in [-0.1, -0.05) is 17.7 Å². The molecule has 0 saturated heterocycles. The minimum atomic E-state index is -4.40. The first kappa shape index (κ1) is 11.7. The van der Waals surface area contributed by atoms with E-state index in [0.717, 1.165) is 11.6 Å². The first-order valence-electron chi connectivity index (χ1n) is 5.09. The largest absolute Gasteiger partial charge is 0.435 e. The van der Waals surface area contributed by atoms with Crippen LogP contribution in [-0.2, 0) is 6.18 Å². The van der Waals surface area contributed by atoms with Crippen molar-refractivity contribution in [2.75, 3.05) is 0 Å². The van der Waals surface area contributed by atoms with Crippen LogP contribution in [0.15, 0.2) is 30.3 Å². The van der Waals surface area contributed by atoms with E-state index < -0.39 is 11.9 Å². The standard InChI is InChI=1S/C12H11F3N2/c1-8-3-5-10(6-4-8)17-9(2)7-11(16-17)12(13,14)15/h3-7H,1-2H3. The molecule has 90 valence electrons. The lowest BCUT2D eigenvalue weighted by Crippen LogP contribution is -2.07. The number of rotatable bonds is 1. The van der Waals surface area contributed by atoms with E-state index in [9.17, 15) is 13.2 Å². The van der Waals surface area contributed by atoms with Gasteiger partial charge in [0, 0.05) is 5.69 Å². The van der Waals surface area contributed by atoms with Crippen molar-refractivity contribution in [3.63, 3.8) is 0 Å². The summed E-state index contributed by atoms with van der Waals surface area (Å²) in [6.45, 7) is 3.52. The van der Waals surface area contributed by atoms with Gasteiger partial charge < -0.3 is 0 Å². The fourth-order valence-electron chi connectivity index (χ4n) is 1.56. The second-order valence-corrected chi connectivity index (χ2v) is 3.92. The maximum atomic E-state index is 12.5. The van der Waals surface area contributed by atoms with Gasteiger partial charge in [-0.15, -0.1) is 0 Å². The Balaban J connectivity index is 2.46. The van der Waals surface area contributed by atoms with Gasteiger partial charge in [-0.2, -0.15) is 18.3 Å². The van der Waals surface area contributed by atoms with E-state index in [-0.39, 0.29) is 0 Å². The second-order valence-electron chi connectivity index (χ2n) is 3.92. The average molecular weight is 240 g/mol. The maximum absolute atomic E-state index is 12.5. The summed E-state index contributed by atoms with van der Waals surface area (Å²) in [5, 5.41) is 3.57. The quantitative estimate of drug-likeness (QED) is 0.745. The predicted molar refractivity (Wildman–Crippen MR) is 58.0 cm³/mol. The maximum Gasteiger partial charge on any atom is 0.435 e. The van der Waals surface area contributed by atoms with Gasteiger partial charge in [0.25, 0.3) is 0 Å². The van der Waals surface area contributed by atoms with E-state index in [1.807, 2.05) is 19.1 Å². The topological polar surface area (TPSA) is 17.8 Å². The highest BCUT2D eigenvalue weighted by Crippen LogP contribution is 2.29. The van der Waals surface area contributed by atoms with E-state index in [4.69, 9.17) is 0 Å². The molecule has 0 spiro atoms. The normalized spacial score (nSPS) is 11.8. The summed E-state index contributed by atoms with van der Waals surface area (Å²) >= 11 is 0. The monoisotopic (exact) mass is 240 g/mol. The van der Waals surface area contributed by atoms with Crippen LogP contribution in [0.2, 0.25) is 0 Å². The molecule has 0 N–H and O–H groups in total. The molecular weight excluding hydrogens is 229 g/mol. The van der Waals surface area contributed by atoms with Crippen LogP contribution >= 0.6 is 0 Å². The lowest BCUT2D eigenvalue weighted by atomic mass is 10.2. The Morgan fingerprint density at radius 1 is 1.06 bits per heavy atom. The highest BCUT2D eigenvalue weighted by Gasteiger charge is 2.34. The summed E-state index contributed by atoms with van der Waals surface area (Å²) < 4.78 is 38.7. The zero-order chi connectivity index (χ0) is 12.6.